The number of carboxylic acid groups (broad SMARTS) is 1. The van der Waals surface area contributed by atoms with Crippen molar-refractivity contribution in [2.45, 2.75) is 32.8 Å². The molecule has 0 radical (unpaired) electrons. The highest BCUT2D eigenvalue weighted by atomic mass is 79.9. The SMILES string of the molecule is CC(C)(C)[C@](O)(CN(CCc1ccc(Br)cc1)C(=O)O)c1cccnc1. The molecule has 1 amide bonds. The van der Waals surface area contributed by atoms with Gasteiger partial charge in [-0.3, -0.25) is 4.98 Å². The normalized spacial score (nSPS) is 13.9. The molecule has 0 saturated heterocycles. The second-order valence-corrected chi connectivity index (χ2v) is 8.35. The minimum Gasteiger partial charge on any atom is -0.465 e. The molecule has 26 heavy (non-hydrogen) atoms. The maximum atomic E-state index is 11.8. The third-order valence-corrected chi connectivity index (χ3v) is 5.18. The van der Waals surface area contributed by atoms with Crippen LogP contribution in [0.25, 0.3) is 0 Å². The lowest BCUT2D eigenvalue weighted by Gasteiger charge is -2.43. The first kappa shape index (κ1) is 20.4. The third-order valence-electron chi connectivity index (χ3n) is 4.65. The molecule has 1 heterocycles. The van der Waals surface area contributed by atoms with E-state index in [1.54, 1.807) is 24.5 Å². The van der Waals surface area contributed by atoms with E-state index in [0.717, 1.165) is 10.0 Å². The second kappa shape index (κ2) is 8.18. The van der Waals surface area contributed by atoms with Crippen molar-refractivity contribution in [3.8, 4) is 0 Å². The Labute approximate surface area is 162 Å². The van der Waals surface area contributed by atoms with Crippen molar-refractivity contribution >= 4 is 22.0 Å². The van der Waals surface area contributed by atoms with Crippen molar-refractivity contribution in [2.75, 3.05) is 13.1 Å². The maximum Gasteiger partial charge on any atom is 0.407 e. The van der Waals surface area contributed by atoms with E-state index in [1.807, 2.05) is 45.0 Å². The Kier molecular flexibility index (Phi) is 6.42. The number of aliphatic hydroxyl groups is 1. The van der Waals surface area contributed by atoms with Crippen molar-refractivity contribution in [3.63, 3.8) is 0 Å². The molecule has 1 aromatic carbocycles. The largest absolute Gasteiger partial charge is 0.465 e. The molecule has 0 bridgehead atoms. The molecule has 1 atom stereocenters. The first-order chi connectivity index (χ1) is 12.1. The van der Waals surface area contributed by atoms with Crippen molar-refractivity contribution in [1.82, 2.24) is 9.88 Å². The first-order valence-electron chi connectivity index (χ1n) is 8.49. The molecule has 2 aromatic rings. The fraction of sp³-hybridized carbons (Fsp3) is 0.400. The number of hydrogen-bond acceptors (Lipinski definition) is 3. The lowest BCUT2D eigenvalue weighted by molar-refractivity contribution is -0.0828. The average molecular weight is 421 g/mol. The van der Waals surface area contributed by atoms with Crippen LogP contribution in [0.3, 0.4) is 0 Å². The highest BCUT2D eigenvalue weighted by Crippen LogP contribution is 2.39. The molecule has 5 nitrogen and oxygen atoms in total. The molecule has 0 aliphatic rings. The summed E-state index contributed by atoms with van der Waals surface area (Å²) in [5.74, 6) is 0. The molecule has 1 aromatic heterocycles. The number of hydrogen-bond donors (Lipinski definition) is 2. The molecule has 0 spiro atoms. The van der Waals surface area contributed by atoms with Crippen molar-refractivity contribution in [3.05, 3.63) is 64.4 Å². The number of pyridine rings is 1. The van der Waals surface area contributed by atoms with Crippen molar-refractivity contribution < 1.29 is 15.0 Å². The molecule has 140 valence electrons. The minimum absolute atomic E-state index is 0.0198. The highest BCUT2D eigenvalue weighted by Gasteiger charge is 2.44. The van der Waals surface area contributed by atoms with Crippen LogP contribution in [0.4, 0.5) is 4.79 Å². The summed E-state index contributed by atoms with van der Waals surface area (Å²) in [7, 11) is 0. The maximum absolute atomic E-state index is 11.8. The van der Waals surface area contributed by atoms with E-state index in [4.69, 9.17) is 0 Å². The van der Waals surface area contributed by atoms with Crippen LogP contribution in [-0.4, -0.2) is 39.3 Å². The van der Waals surface area contributed by atoms with Crippen LogP contribution >= 0.6 is 15.9 Å². The van der Waals surface area contributed by atoms with Gasteiger partial charge < -0.3 is 15.1 Å². The Bertz CT molecular complexity index is 729. The van der Waals surface area contributed by atoms with Gasteiger partial charge in [-0.15, -0.1) is 0 Å². The summed E-state index contributed by atoms with van der Waals surface area (Å²) < 4.78 is 0.982. The Morgan fingerprint density at radius 3 is 2.35 bits per heavy atom. The Balaban J connectivity index is 2.22. The number of amides is 1. The van der Waals surface area contributed by atoms with E-state index in [1.165, 1.54) is 4.90 Å². The van der Waals surface area contributed by atoms with Crippen molar-refractivity contribution in [2.24, 2.45) is 5.41 Å². The van der Waals surface area contributed by atoms with Gasteiger partial charge in [-0.05, 0) is 35.6 Å². The summed E-state index contributed by atoms with van der Waals surface area (Å²) in [5.41, 5.74) is -0.261. The molecule has 0 fully saturated rings. The molecular formula is C20H25BrN2O3. The third kappa shape index (κ3) is 4.83. The molecular weight excluding hydrogens is 396 g/mol. The van der Waals surface area contributed by atoms with Gasteiger partial charge in [0.25, 0.3) is 0 Å². The van der Waals surface area contributed by atoms with Crippen molar-refractivity contribution in [1.29, 1.82) is 0 Å². The zero-order valence-electron chi connectivity index (χ0n) is 15.3. The van der Waals surface area contributed by atoms with Gasteiger partial charge in [-0.25, -0.2) is 4.79 Å². The molecule has 0 aliphatic heterocycles. The lowest BCUT2D eigenvalue weighted by Crippen LogP contribution is -2.51. The van der Waals surface area contributed by atoms with Crippen LogP contribution in [0.5, 0.6) is 0 Å². The molecule has 2 N–H and O–H groups in total. The lowest BCUT2D eigenvalue weighted by atomic mass is 9.72. The van der Waals surface area contributed by atoms with Gasteiger partial charge in [0.1, 0.15) is 5.60 Å². The summed E-state index contributed by atoms with van der Waals surface area (Å²) in [4.78, 5) is 17.2. The zero-order valence-corrected chi connectivity index (χ0v) is 16.9. The molecule has 2 rings (SSSR count). The smallest absolute Gasteiger partial charge is 0.407 e. The first-order valence-corrected chi connectivity index (χ1v) is 9.28. The topological polar surface area (TPSA) is 73.7 Å². The van der Waals surface area contributed by atoms with Crippen LogP contribution in [0, 0.1) is 5.41 Å². The van der Waals surface area contributed by atoms with Crippen LogP contribution in [-0.2, 0) is 12.0 Å². The van der Waals surface area contributed by atoms with Gasteiger partial charge in [0.05, 0.1) is 6.54 Å². The zero-order chi connectivity index (χ0) is 19.4. The Hall–Kier alpha value is -1.92. The van der Waals surface area contributed by atoms with Gasteiger partial charge in [0.2, 0.25) is 0 Å². The molecule has 6 heteroatoms. The van der Waals surface area contributed by atoms with E-state index < -0.39 is 17.1 Å². The number of rotatable bonds is 6. The van der Waals surface area contributed by atoms with Gasteiger partial charge in [-0.2, -0.15) is 0 Å². The van der Waals surface area contributed by atoms with Crippen LogP contribution in [0.2, 0.25) is 0 Å². The minimum atomic E-state index is -1.35. The number of nitrogens with zero attached hydrogens (tertiary/aromatic N) is 2. The number of aromatic nitrogens is 1. The van der Waals surface area contributed by atoms with Crippen LogP contribution in [0.1, 0.15) is 31.9 Å². The van der Waals surface area contributed by atoms with Gasteiger partial charge >= 0.3 is 6.09 Å². The van der Waals surface area contributed by atoms with Gasteiger partial charge in [0, 0.05) is 29.0 Å². The predicted molar refractivity (Wildman–Crippen MR) is 105 cm³/mol. The molecule has 0 aliphatic carbocycles. The summed E-state index contributed by atoms with van der Waals surface area (Å²) in [6.07, 6.45) is 2.76. The van der Waals surface area contributed by atoms with E-state index in [2.05, 4.69) is 20.9 Å². The van der Waals surface area contributed by atoms with E-state index in [0.29, 0.717) is 18.5 Å². The standard InChI is InChI=1S/C20H25BrN2O3/c1-19(2,3)20(26,16-5-4-11-22-13-16)14-23(18(24)25)12-10-15-6-8-17(21)9-7-15/h4-9,11,13,26H,10,12,14H2,1-3H3,(H,24,25)/t20-/m0/s1. The summed E-state index contributed by atoms with van der Waals surface area (Å²) in [6.45, 7) is 5.97. The predicted octanol–water partition coefficient (Wildman–Crippen LogP) is 4.30. The quantitative estimate of drug-likeness (QED) is 0.730. The number of halogens is 1. The van der Waals surface area contributed by atoms with E-state index in [-0.39, 0.29) is 6.54 Å². The van der Waals surface area contributed by atoms with Gasteiger partial charge in [0.15, 0.2) is 0 Å². The molecule has 0 unspecified atom stereocenters. The number of carbonyl (C=O) groups is 1. The summed E-state index contributed by atoms with van der Waals surface area (Å²) in [5, 5.41) is 21.1. The van der Waals surface area contributed by atoms with Crippen LogP contribution in [0.15, 0.2) is 53.3 Å². The summed E-state index contributed by atoms with van der Waals surface area (Å²) in [6, 6.07) is 11.3. The average Bonchev–Trinajstić information content (AvgIpc) is 2.59. The Morgan fingerprint density at radius 1 is 1.19 bits per heavy atom. The fourth-order valence-corrected chi connectivity index (χ4v) is 3.07. The fourth-order valence-electron chi connectivity index (χ4n) is 2.80. The highest BCUT2D eigenvalue weighted by molar-refractivity contribution is 9.10. The van der Waals surface area contributed by atoms with E-state index in [9.17, 15) is 15.0 Å². The van der Waals surface area contributed by atoms with E-state index >= 15 is 0 Å². The molecule has 0 saturated carbocycles. The second-order valence-electron chi connectivity index (χ2n) is 7.43. The van der Waals surface area contributed by atoms with Gasteiger partial charge in [-0.1, -0.05) is 54.9 Å². The monoisotopic (exact) mass is 420 g/mol. The summed E-state index contributed by atoms with van der Waals surface area (Å²) >= 11 is 3.39. The Morgan fingerprint density at radius 2 is 1.85 bits per heavy atom. The van der Waals surface area contributed by atoms with Crippen LogP contribution < -0.4 is 0 Å². The number of benzene rings is 1.